The molecule has 0 heterocycles. The second kappa shape index (κ2) is 5.93. The minimum absolute atomic E-state index is 0.0716. The van der Waals surface area contributed by atoms with Gasteiger partial charge >= 0.3 is 0 Å². The molecule has 0 radical (unpaired) electrons. The molecule has 96 valence electrons. The molecular weight excluding hydrogens is 248 g/mol. The molecule has 4 nitrogen and oxygen atoms in total. The van der Waals surface area contributed by atoms with Gasteiger partial charge in [0.25, 0.3) is 0 Å². The predicted molar refractivity (Wildman–Crippen MR) is 74.5 cm³/mol. The number of anilines is 1. The van der Waals surface area contributed by atoms with Gasteiger partial charge in [-0.05, 0) is 30.9 Å². The number of rotatable bonds is 6. The summed E-state index contributed by atoms with van der Waals surface area (Å²) in [4.78, 5) is 11.9. The van der Waals surface area contributed by atoms with Crippen molar-refractivity contribution in [1.29, 1.82) is 0 Å². The lowest BCUT2D eigenvalue weighted by Gasteiger charge is -2.10. The minimum Gasteiger partial charge on any atom is -0.389 e. The third-order valence-corrected chi connectivity index (χ3v) is 2.97. The highest BCUT2D eigenvalue weighted by atomic mass is 32.1. The lowest BCUT2D eigenvalue weighted by molar-refractivity contribution is -0.120. The molecule has 0 spiro atoms. The van der Waals surface area contributed by atoms with Crippen LogP contribution >= 0.6 is 12.2 Å². The first-order valence-electron chi connectivity index (χ1n) is 5.93. The fourth-order valence-electron chi connectivity index (χ4n) is 1.60. The number of hydrogen-bond acceptors (Lipinski definition) is 3. The van der Waals surface area contributed by atoms with Crippen LogP contribution in [0, 0.1) is 5.92 Å². The van der Waals surface area contributed by atoms with Crippen LogP contribution in [0.3, 0.4) is 0 Å². The molecule has 18 heavy (non-hydrogen) atoms. The highest BCUT2D eigenvalue weighted by Gasteiger charge is 2.21. The number of thiocarbonyl (C=S) groups is 1. The van der Waals surface area contributed by atoms with E-state index in [4.69, 9.17) is 22.7 Å². The number of carbonyl (C=O) groups is 1. The van der Waals surface area contributed by atoms with Crippen molar-refractivity contribution in [2.75, 3.05) is 18.5 Å². The summed E-state index contributed by atoms with van der Waals surface area (Å²) in [6.07, 6.45) is 2.43. The van der Waals surface area contributed by atoms with Crippen molar-refractivity contribution >= 4 is 28.8 Å². The van der Waals surface area contributed by atoms with Gasteiger partial charge in [-0.3, -0.25) is 4.79 Å². The summed E-state index contributed by atoms with van der Waals surface area (Å²) in [5, 5.41) is 2.75. The van der Waals surface area contributed by atoms with Crippen LogP contribution in [0.25, 0.3) is 0 Å². The van der Waals surface area contributed by atoms with Gasteiger partial charge < -0.3 is 15.8 Å². The first kappa shape index (κ1) is 13.0. The Labute approximate surface area is 112 Å². The third-order valence-electron chi connectivity index (χ3n) is 2.75. The van der Waals surface area contributed by atoms with Crippen molar-refractivity contribution in [3.05, 3.63) is 29.8 Å². The first-order valence-corrected chi connectivity index (χ1v) is 6.34. The average Bonchev–Trinajstić information content (AvgIpc) is 3.13. The normalized spacial score (nSPS) is 14.2. The fourth-order valence-corrected chi connectivity index (χ4v) is 1.77. The number of amides is 1. The van der Waals surface area contributed by atoms with Crippen LogP contribution in [0.15, 0.2) is 24.3 Å². The number of nitrogens with one attached hydrogen (secondary N) is 1. The van der Waals surface area contributed by atoms with Gasteiger partial charge in [-0.15, -0.1) is 0 Å². The highest BCUT2D eigenvalue weighted by Crippen LogP contribution is 2.28. The summed E-state index contributed by atoms with van der Waals surface area (Å²) in [7, 11) is 0. The Morgan fingerprint density at radius 2 is 2.17 bits per heavy atom. The topological polar surface area (TPSA) is 64.3 Å². The van der Waals surface area contributed by atoms with Crippen LogP contribution in [0.4, 0.5) is 5.69 Å². The summed E-state index contributed by atoms with van der Waals surface area (Å²) in [6, 6.07) is 7.20. The zero-order valence-corrected chi connectivity index (χ0v) is 10.8. The average molecular weight is 264 g/mol. The van der Waals surface area contributed by atoms with E-state index < -0.39 is 0 Å². The van der Waals surface area contributed by atoms with Crippen LogP contribution in [-0.2, 0) is 9.53 Å². The molecule has 1 saturated carbocycles. The lowest BCUT2D eigenvalue weighted by atomic mass is 10.2. The van der Waals surface area contributed by atoms with E-state index >= 15 is 0 Å². The largest absolute Gasteiger partial charge is 0.389 e. The molecule has 0 aliphatic heterocycles. The molecule has 0 saturated heterocycles. The molecule has 0 atom stereocenters. The van der Waals surface area contributed by atoms with E-state index in [0.29, 0.717) is 23.8 Å². The van der Waals surface area contributed by atoms with Crippen LogP contribution in [0.2, 0.25) is 0 Å². The molecule has 3 N–H and O–H groups in total. The van der Waals surface area contributed by atoms with Gasteiger partial charge in [0.2, 0.25) is 5.91 Å². The van der Waals surface area contributed by atoms with E-state index in [9.17, 15) is 4.79 Å². The van der Waals surface area contributed by atoms with Crippen molar-refractivity contribution in [2.24, 2.45) is 11.7 Å². The molecule has 1 aliphatic rings. The third kappa shape index (κ3) is 3.78. The summed E-state index contributed by atoms with van der Waals surface area (Å²) in [5.41, 5.74) is 6.89. The van der Waals surface area contributed by atoms with Gasteiger partial charge in [0.15, 0.2) is 0 Å². The maximum absolute atomic E-state index is 11.7. The second-order valence-electron chi connectivity index (χ2n) is 4.42. The Morgan fingerprint density at radius 3 is 2.83 bits per heavy atom. The maximum Gasteiger partial charge on any atom is 0.250 e. The van der Waals surface area contributed by atoms with Crippen LogP contribution in [0.1, 0.15) is 18.4 Å². The van der Waals surface area contributed by atoms with E-state index in [1.807, 2.05) is 12.1 Å². The van der Waals surface area contributed by atoms with Gasteiger partial charge in [0.1, 0.15) is 11.6 Å². The molecule has 0 aromatic heterocycles. The summed E-state index contributed by atoms with van der Waals surface area (Å²) >= 11 is 4.93. The molecule has 0 bridgehead atoms. The number of carbonyl (C=O) groups excluding carboxylic acids is 1. The van der Waals surface area contributed by atoms with Gasteiger partial charge in [-0.1, -0.05) is 24.4 Å². The van der Waals surface area contributed by atoms with Crippen molar-refractivity contribution in [2.45, 2.75) is 12.8 Å². The Balaban J connectivity index is 1.87. The van der Waals surface area contributed by atoms with Crippen molar-refractivity contribution in [3.8, 4) is 0 Å². The van der Waals surface area contributed by atoms with Crippen LogP contribution in [-0.4, -0.2) is 24.1 Å². The highest BCUT2D eigenvalue weighted by molar-refractivity contribution is 7.80. The molecule has 0 unspecified atom stereocenters. The molecule has 1 fully saturated rings. The Bertz CT molecular complexity index is 458. The lowest BCUT2D eigenvalue weighted by Crippen LogP contribution is -2.21. The zero-order chi connectivity index (χ0) is 13.0. The summed E-state index contributed by atoms with van der Waals surface area (Å²) in [5.74, 6) is 0.473. The van der Waals surface area contributed by atoms with E-state index in [0.717, 1.165) is 0 Å². The second-order valence-corrected chi connectivity index (χ2v) is 4.86. The number of benzene rings is 1. The monoisotopic (exact) mass is 264 g/mol. The van der Waals surface area contributed by atoms with Crippen LogP contribution in [0.5, 0.6) is 0 Å². The van der Waals surface area contributed by atoms with E-state index in [2.05, 4.69) is 5.32 Å². The smallest absolute Gasteiger partial charge is 0.250 e. The number of hydrogen-bond donors (Lipinski definition) is 2. The Hall–Kier alpha value is -1.46. The van der Waals surface area contributed by atoms with Crippen molar-refractivity contribution in [1.82, 2.24) is 0 Å². The fraction of sp³-hybridized carbons (Fsp3) is 0.385. The van der Waals surface area contributed by atoms with Crippen LogP contribution < -0.4 is 11.1 Å². The van der Waals surface area contributed by atoms with Gasteiger partial charge in [0, 0.05) is 5.56 Å². The van der Waals surface area contributed by atoms with E-state index in [1.54, 1.807) is 12.1 Å². The maximum atomic E-state index is 11.7. The molecular formula is C13H16N2O2S. The van der Waals surface area contributed by atoms with Crippen molar-refractivity contribution < 1.29 is 9.53 Å². The van der Waals surface area contributed by atoms with Gasteiger partial charge in [0.05, 0.1) is 12.3 Å². The summed E-state index contributed by atoms with van der Waals surface area (Å²) < 4.78 is 5.32. The van der Waals surface area contributed by atoms with E-state index in [-0.39, 0.29) is 17.5 Å². The van der Waals surface area contributed by atoms with Gasteiger partial charge in [-0.2, -0.15) is 0 Å². The molecule has 5 heteroatoms. The standard InChI is InChI=1S/C13H16N2O2S/c14-13(18)10-3-1-2-4-11(10)15-12(16)8-17-7-9-5-6-9/h1-4,9H,5-8H2,(H2,14,18)(H,15,16). The molecule has 1 aromatic rings. The Morgan fingerprint density at radius 1 is 1.44 bits per heavy atom. The minimum atomic E-state index is -0.181. The first-order chi connectivity index (χ1) is 8.66. The number of ether oxygens (including phenoxy) is 1. The molecule has 2 rings (SSSR count). The van der Waals surface area contributed by atoms with Gasteiger partial charge in [-0.25, -0.2) is 0 Å². The van der Waals surface area contributed by atoms with Crippen molar-refractivity contribution in [3.63, 3.8) is 0 Å². The SMILES string of the molecule is NC(=S)c1ccccc1NC(=O)COCC1CC1. The van der Waals surface area contributed by atoms with E-state index in [1.165, 1.54) is 12.8 Å². The quantitative estimate of drug-likeness (QED) is 0.767. The molecule has 1 aromatic carbocycles. The number of para-hydroxylation sites is 1. The zero-order valence-electron chi connectivity index (χ0n) is 10.0. The molecule has 1 amide bonds. The number of nitrogens with two attached hydrogens (primary N) is 1. The molecule has 1 aliphatic carbocycles. The predicted octanol–water partition coefficient (Wildman–Crippen LogP) is 1.69. The Kier molecular flexibility index (Phi) is 4.28. The summed E-state index contributed by atoms with van der Waals surface area (Å²) in [6.45, 7) is 0.743.